The topological polar surface area (TPSA) is 4.93 Å². The minimum absolute atomic E-state index is 0.932. The summed E-state index contributed by atoms with van der Waals surface area (Å²) in [6.07, 6.45) is 10.9. The lowest BCUT2D eigenvalue weighted by molar-refractivity contribution is 0.798. The maximum absolute atomic E-state index is 4.87. The van der Waals surface area contributed by atoms with E-state index < -0.39 is 0 Å². The Morgan fingerprint density at radius 1 is 0.586 bits per heavy atom. The quantitative estimate of drug-likeness (QED) is 0.110. The summed E-state index contributed by atoms with van der Waals surface area (Å²) in [5.41, 5.74) is 17.1. The Balaban J connectivity index is 1.80. The van der Waals surface area contributed by atoms with Crippen LogP contribution in [0.5, 0.6) is 0 Å². The molecule has 0 saturated carbocycles. The molecule has 0 spiro atoms. The average molecular weight is 756 g/mol. The molecule has 0 aliphatic rings. The number of allylic oxidation sites excluding steroid dienone is 4. The predicted molar refractivity (Wildman–Crippen MR) is 255 cm³/mol. The molecule has 0 atom stereocenters. The van der Waals surface area contributed by atoms with Crippen LogP contribution in [0.15, 0.2) is 195 Å². The van der Waals surface area contributed by atoms with Gasteiger partial charge in [0.05, 0.1) is 11.2 Å². The summed E-state index contributed by atoms with van der Waals surface area (Å²) >= 11 is 0. The third kappa shape index (κ3) is 10.3. The van der Waals surface area contributed by atoms with Crippen molar-refractivity contribution in [2.45, 2.75) is 60.3 Å². The van der Waals surface area contributed by atoms with Crippen LogP contribution in [0.1, 0.15) is 72.2 Å². The Hall–Kier alpha value is -6.44. The summed E-state index contributed by atoms with van der Waals surface area (Å²) < 4.78 is 2.38. The van der Waals surface area contributed by atoms with E-state index in [-0.39, 0.29) is 0 Å². The normalized spacial score (nSPS) is 11.3. The fraction of sp³-hybridized carbons (Fsp3) is 0.158. The number of aromatic nitrogens is 1. The van der Waals surface area contributed by atoms with Crippen LogP contribution in [-0.4, -0.2) is 4.57 Å². The fourth-order valence-electron chi connectivity index (χ4n) is 7.38. The second-order valence-corrected chi connectivity index (χ2v) is 15.1. The Bertz CT molecular complexity index is 2560. The fourth-order valence-corrected chi connectivity index (χ4v) is 7.38. The number of hydrogen-bond donors (Lipinski definition) is 0. The van der Waals surface area contributed by atoms with Crippen LogP contribution >= 0.6 is 0 Å². The van der Waals surface area contributed by atoms with Crippen molar-refractivity contribution < 1.29 is 0 Å². The van der Waals surface area contributed by atoms with Gasteiger partial charge in [-0.25, -0.2) is 0 Å². The molecule has 0 unspecified atom stereocenters. The molecule has 0 amide bonds. The summed E-state index contributed by atoms with van der Waals surface area (Å²) in [7, 11) is 0. The van der Waals surface area contributed by atoms with E-state index >= 15 is 0 Å². The highest BCUT2D eigenvalue weighted by molar-refractivity contribution is 5.92. The van der Waals surface area contributed by atoms with E-state index in [1.54, 1.807) is 0 Å². The van der Waals surface area contributed by atoms with Gasteiger partial charge < -0.3 is 4.57 Å². The van der Waals surface area contributed by atoms with Crippen LogP contribution in [0.2, 0.25) is 0 Å². The van der Waals surface area contributed by atoms with E-state index in [0.717, 1.165) is 75.7 Å². The van der Waals surface area contributed by atoms with Crippen LogP contribution < -0.4 is 0 Å². The maximum Gasteiger partial charge on any atom is 0.0534 e. The molecule has 6 aromatic rings. The monoisotopic (exact) mass is 755 g/mol. The summed E-state index contributed by atoms with van der Waals surface area (Å²) in [5.74, 6) is 0. The molecule has 1 heterocycles. The van der Waals surface area contributed by atoms with E-state index in [1.807, 2.05) is 0 Å². The lowest BCUT2D eigenvalue weighted by Crippen LogP contribution is -2.02. The molecule has 1 nitrogen and oxygen atoms in total. The number of unbranched alkanes of at least 4 members (excludes halogenated alkanes) is 1. The number of rotatable bonds is 12. The second-order valence-electron chi connectivity index (χ2n) is 15.1. The molecule has 58 heavy (non-hydrogen) atoms. The number of fused-ring (bicyclic) bond motifs is 1. The number of hydrogen-bond acceptors (Lipinski definition) is 0. The van der Waals surface area contributed by atoms with E-state index in [1.165, 1.54) is 39.0 Å². The van der Waals surface area contributed by atoms with Gasteiger partial charge in [-0.05, 0) is 131 Å². The van der Waals surface area contributed by atoms with Crippen molar-refractivity contribution in [1.82, 2.24) is 4.57 Å². The van der Waals surface area contributed by atoms with Crippen LogP contribution in [0.4, 0.5) is 0 Å². The zero-order chi connectivity index (χ0) is 40.9. The van der Waals surface area contributed by atoms with Gasteiger partial charge in [-0.3, -0.25) is 0 Å². The van der Waals surface area contributed by atoms with Crippen molar-refractivity contribution in [2.24, 2.45) is 0 Å². The first-order valence-electron chi connectivity index (χ1n) is 20.7. The van der Waals surface area contributed by atoms with Crippen molar-refractivity contribution >= 4 is 28.2 Å². The molecule has 5 aromatic carbocycles. The first-order chi connectivity index (χ1) is 28.3. The van der Waals surface area contributed by atoms with Gasteiger partial charge in [0.1, 0.15) is 0 Å². The molecule has 290 valence electrons. The van der Waals surface area contributed by atoms with Gasteiger partial charge >= 0.3 is 0 Å². The highest BCUT2D eigenvalue weighted by Gasteiger charge is 2.14. The molecule has 0 aliphatic heterocycles. The maximum atomic E-state index is 4.87. The lowest BCUT2D eigenvalue weighted by Gasteiger charge is -2.18. The molecule has 1 aromatic heterocycles. The summed E-state index contributed by atoms with van der Waals surface area (Å²) in [5, 5.41) is 1.16. The van der Waals surface area contributed by atoms with Crippen LogP contribution in [0.25, 0.3) is 50.5 Å². The molecule has 0 N–H and O–H groups in total. The highest BCUT2D eigenvalue weighted by Crippen LogP contribution is 2.34. The first-order valence-corrected chi connectivity index (χ1v) is 20.7. The minimum atomic E-state index is 0.932. The average Bonchev–Trinajstić information content (AvgIpc) is 3.26. The van der Waals surface area contributed by atoms with Gasteiger partial charge in [-0.1, -0.05) is 191 Å². The minimum Gasteiger partial charge on any atom is -0.316 e. The van der Waals surface area contributed by atoms with E-state index in [2.05, 4.69) is 228 Å². The third-order valence-corrected chi connectivity index (χ3v) is 10.8. The number of aryl methyl sites for hydroxylation is 4. The van der Waals surface area contributed by atoms with Crippen molar-refractivity contribution in [3.63, 3.8) is 0 Å². The molecular weight excluding hydrogens is 699 g/mol. The standard InChI is InChI=1S/C57H57N/c1-8-10-24-47(38-44(5)49-26-17-13-18-27-49)36-37-58-56(46(7)50-34-32-42(3)33-35-50)40-52(51-28-19-14-20-29-51)30-16-12-11-15-23-43(4)55-41-54(45(6)39-57(55)58)53-31-22-21-25-48(53)9-2/h11-23,25-41H,5,7-10,24H2,1-4,6H3/b15-11?,16-12?,37-36-,43-23?,47-38-,52-30?,56-40?. The van der Waals surface area contributed by atoms with Crippen molar-refractivity contribution in [3.05, 3.63) is 234 Å². The summed E-state index contributed by atoms with van der Waals surface area (Å²) in [4.78, 5) is 0. The van der Waals surface area contributed by atoms with Gasteiger partial charge in [-0.2, -0.15) is 0 Å². The van der Waals surface area contributed by atoms with Crippen molar-refractivity contribution in [3.8, 4) is 22.3 Å². The highest BCUT2D eigenvalue weighted by atomic mass is 15.0. The van der Waals surface area contributed by atoms with E-state index in [4.69, 9.17) is 6.58 Å². The van der Waals surface area contributed by atoms with Crippen LogP contribution in [0.3, 0.4) is 0 Å². The van der Waals surface area contributed by atoms with E-state index in [9.17, 15) is 0 Å². The molecular formula is C57H57N. The third-order valence-electron chi connectivity index (χ3n) is 10.8. The second kappa shape index (κ2) is 20.1. The van der Waals surface area contributed by atoms with Gasteiger partial charge in [0.15, 0.2) is 0 Å². The molecule has 0 bridgehead atoms. The van der Waals surface area contributed by atoms with Gasteiger partial charge in [0.25, 0.3) is 0 Å². The Kier molecular flexibility index (Phi) is 14.3. The molecule has 0 radical (unpaired) electrons. The van der Waals surface area contributed by atoms with Gasteiger partial charge in [0.2, 0.25) is 0 Å². The molecule has 0 aliphatic carbocycles. The van der Waals surface area contributed by atoms with Crippen molar-refractivity contribution in [1.29, 1.82) is 0 Å². The summed E-state index contributed by atoms with van der Waals surface area (Å²) in [6.45, 7) is 20.5. The molecule has 1 heteroatoms. The largest absolute Gasteiger partial charge is 0.316 e. The Morgan fingerprint density at radius 2 is 1.21 bits per heavy atom. The summed E-state index contributed by atoms with van der Waals surface area (Å²) in [6, 6.07) is 58.7. The predicted octanol–water partition coefficient (Wildman–Crippen LogP) is 16.1. The lowest BCUT2D eigenvalue weighted by atomic mass is 9.92. The number of nitrogens with zero attached hydrogens (tertiary/aromatic N) is 1. The SMILES string of the molecule is C=C(/C=C(\C=C/n1c(C(=C)c2ccc(C)cc2)cc(-c2ccccc2)ccccccc(C)c2cc(-c3ccccc3CC)c(C)cc21)CCCC)c1ccccc1. The molecule has 6 rings (SSSR count). The van der Waals surface area contributed by atoms with Crippen LogP contribution in [-0.2, 0) is 6.42 Å². The Labute approximate surface area is 347 Å². The van der Waals surface area contributed by atoms with Gasteiger partial charge in [-0.15, -0.1) is 0 Å². The number of benzene rings is 5. The zero-order valence-corrected chi connectivity index (χ0v) is 35.0. The first kappa shape index (κ1) is 41.2. The Morgan fingerprint density at radius 3 is 1.90 bits per heavy atom. The van der Waals surface area contributed by atoms with Gasteiger partial charge in [0, 0.05) is 11.6 Å². The smallest absolute Gasteiger partial charge is 0.0534 e. The van der Waals surface area contributed by atoms with Crippen molar-refractivity contribution in [2.75, 3.05) is 0 Å². The molecule has 0 fully saturated rings. The van der Waals surface area contributed by atoms with Crippen LogP contribution in [0, 0.1) is 20.8 Å². The van der Waals surface area contributed by atoms with E-state index in [0.29, 0.717) is 0 Å². The zero-order valence-electron chi connectivity index (χ0n) is 35.0. The molecule has 0 saturated heterocycles.